The monoisotopic (exact) mass is 502 g/mol. The minimum Gasteiger partial charge on any atom is -0.352 e. The van der Waals surface area contributed by atoms with Crippen molar-refractivity contribution in [2.75, 3.05) is 5.75 Å². The Morgan fingerprint density at radius 3 is 2.55 bits per heavy atom. The highest BCUT2D eigenvalue weighted by molar-refractivity contribution is 9.10. The quantitative estimate of drug-likeness (QED) is 0.494. The molecule has 2 aromatic carbocycles. The number of aryl methyl sites for hydroxylation is 1. The Kier molecular flexibility index (Phi) is 9.02. The lowest BCUT2D eigenvalue weighted by atomic mass is 10.1. The highest BCUT2D eigenvalue weighted by Gasteiger charge is 2.28. The van der Waals surface area contributed by atoms with Crippen molar-refractivity contribution in [1.29, 1.82) is 0 Å². The van der Waals surface area contributed by atoms with Crippen LogP contribution in [0.1, 0.15) is 49.3 Å². The average molecular weight is 504 g/mol. The molecule has 1 unspecified atom stereocenters. The van der Waals surface area contributed by atoms with Crippen molar-refractivity contribution in [2.24, 2.45) is 0 Å². The first-order valence-corrected chi connectivity index (χ1v) is 12.8. The molecule has 1 saturated carbocycles. The van der Waals surface area contributed by atoms with E-state index in [2.05, 4.69) is 46.4 Å². The molecule has 0 spiro atoms. The van der Waals surface area contributed by atoms with Gasteiger partial charge in [-0.2, -0.15) is 0 Å². The molecule has 0 saturated heterocycles. The van der Waals surface area contributed by atoms with Gasteiger partial charge in [0.05, 0.1) is 5.75 Å². The summed E-state index contributed by atoms with van der Waals surface area (Å²) in [4.78, 5) is 27.8. The maximum atomic E-state index is 13.2. The van der Waals surface area contributed by atoms with Gasteiger partial charge in [0.15, 0.2) is 0 Å². The maximum absolute atomic E-state index is 13.2. The van der Waals surface area contributed by atoms with Crippen LogP contribution in [0.4, 0.5) is 0 Å². The average Bonchev–Trinajstić information content (AvgIpc) is 3.24. The molecule has 2 aromatic rings. The second-order valence-corrected chi connectivity index (χ2v) is 10.2. The van der Waals surface area contributed by atoms with Crippen molar-refractivity contribution < 1.29 is 9.59 Å². The molecular weight excluding hydrogens is 472 g/mol. The fraction of sp³-hybridized carbons (Fsp3) is 0.440. The molecule has 1 aliphatic rings. The number of rotatable bonds is 9. The molecule has 1 fully saturated rings. The number of thioether (sulfide) groups is 1. The van der Waals surface area contributed by atoms with E-state index in [1.807, 2.05) is 37.3 Å². The lowest BCUT2D eigenvalue weighted by Crippen LogP contribution is -2.50. The summed E-state index contributed by atoms with van der Waals surface area (Å²) in [7, 11) is 0. The van der Waals surface area contributed by atoms with Crippen LogP contribution in [0, 0.1) is 6.92 Å². The van der Waals surface area contributed by atoms with E-state index in [1.54, 1.807) is 16.7 Å². The van der Waals surface area contributed by atoms with E-state index in [1.165, 1.54) is 11.1 Å². The number of carbonyl (C=O) groups excluding carboxylic acids is 2. The number of hydrogen-bond donors (Lipinski definition) is 1. The summed E-state index contributed by atoms with van der Waals surface area (Å²) in [5.41, 5.74) is 3.44. The summed E-state index contributed by atoms with van der Waals surface area (Å²) in [5.74, 6) is 1.06. The van der Waals surface area contributed by atoms with Gasteiger partial charge < -0.3 is 10.2 Å². The molecule has 1 N–H and O–H groups in total. The van der Waals surface area contributed by atoms with Crippen LogP contribution in [0.25, 0.3) is 0 Å². The molecular formula is C25H31BrN2O2S. The van der Waals surface area contributed by atoms with Crippen LogP contribution in [0.15, 0.2) is 53.0 Å². The van der Waals surface area contributed by atoms with E-state index in [0.29, 0.717) is 12.3 Å². The van der Waals surface area contributed by atoms with Crippen molar-refractivity contribution in [3.05, 3.63) is 69.7 Å². The predicted octanol–water partition coefficient (Wildman–Crippen LogP) is 5.47. The fourth-order valence-corrected chi connectivity index (χ4v) is 5.25. The first-order valence-electron chi connectivity index (χ1n) is 10.9. The zero-order valence-corrected chi connectivity index (χ0v) is 20.7. The Morgan fingerprint density at radius 1 is 1.13 bits per heavy atom. The highest BCUT2D eigenvalue weighted by Crippen LogP contribution is 2.20. The third-order valence-electron chi connectivity index (χ3n) is 5.69. The zero-order chi connectivity index (χ0) is 22.2. The minimum atomic E-state index is -0.508. The molecule has 3 rings (SSSR count). The van der Waals surface area contributed by atoms with Crippen LogP contribution in [-0.2, 0) is 21.9 Å². The van der Waals surface area contributed by atoms with Crippen molar-refractivity contribution in [3.8, 4) is 0 Å². The third-order valence-corrected chi connectivity index (χ3v) is 7.17. The van der Waals surface area contributed by atoms with Gasteiger partial charge in [0.1, 0.15) is 6.04 Å². The van der Waals surface area contributed by atoms with Crippen molar-refractivity contribution in [2.45, 2.75) is 63.9 Å². The van der Waals surface area contributed by atoms with Gasteiger partial charge in [-0.15, -0.1) is 11.8 Å². The molecule has 0 aromatic heterocycles. The van der Waals surface area contributed by atoms with E-state index in [0.717, 1.165) is 41.5 Å². The Labute approximate surface area is 198 Å². The van der Waals surface area contributed by atoms with E-state index in [-0.39, 0.29) is 17.9 Å². The van der Waals surface area contributed by atoms with E-state index >= 15 is 0 Å². The largest absolute Gasteiger partial charge is 0.352 e. The summed E-state index contributed by atoms with van der Waals surface area (Å²) in [5, 5.41) is 3.15. The lowest BCUT2D eigenvalue weighted by Gasteiger charge is -2.29. The molecule has 4 nitrogen and oxygen atoms in total. The molecule has 166 valence electrons. The first-order chi connectivity index (χ1) is 14.9. The van der Waals surface area contributed by atoms with Crippen molar-refractivity contribution >= 4 is 39.5 Å². The molecule has 0 heterocycles. The number of carbonyl (C=O) groups is 2. The zero-order valence-electron chi connectivity index (χ0n) is 18.3. The van der Waals surface area contributed by atoms with Crippen molar-refractivity contribution in [3.63, 3.8) is 0 Å². The Morgan fingerprint density at radius 2 is 1.84 bits per heavy atom. The first kappa shape index (κ1) is 23.9. The number of benzene rings is 2. The molecule has 1 aliphatic carbocycles. The Bertz CT molecular complexity index is 899. The molecule has 6 heteroatoms. The molecule has 0 radical (unpaired) electrons. The van der Waals surface area contributed by atoms with Crippen LogP contribution < -0.4 is 5.32 Å². The maximum Gasteiger partial charge on any atom is 0.242 e. The molecule has 31 heavy (non-hydrogen) atoms. The summed E-state index contributed by atoms with van der Waals surface area (Å²) in [6.07, 6.45) is 4.39. The standard InChI is InChI=1S/C25H31BrN2O2S/c1-18-7-5-9-21(13-18)16-31-17-24(29)28(15-20-8-6-10-22(26)14-20)19(2)25(30)27-23-11-3-4-12-23/h5-10,13-14,19,23H,3-4,11-12,15-17H2,1-2H3,(H,27,30). The second-order valence-electron chi connectivity index (χ2n) is 8.30. The fourth-order valence-electron chi connectivity index (χ4n) is 3.95. The van der Waals surface area contributed by atoms with Crippen LogP contribution in [0.2, 0.25) is 0 Å². The van der Waals surface area contributed by atoms with Crippen LogP contribution in [-0.4, -0.2) is 34.6 Å². The second kappa shape index (κ2) is 11.7. The van der Waals surface area contributed by atoms with E-state index in [4.69, 9.17) is 0 Å². The molecule has 0 bridgehead atoms. The van der Waals surface area contributed by atoms with Crippen LogP contribution >= 0.6 is 27.7 Å². The highest BCUT2D eigenvalue weighted by atomic mass is 79.9. The number of halogens is 1. The van der Waals surface area contributed by atoms with Gasteiger partial charge >= 0.3 is 0 Å². The molecule has 2 amide bonds. The summed E-state index contributed by atoms with van der Waals surface area (Å²) in [6, 6.07) is 16.0. The van der Waals surface area contributed by atoms with Gasteiger partial charge in [-0.3, -0.25) is 9.59 Å². The van der Waals surface area contributed by atoms with Crippen LogP contribution in [0.5, 0.6) is 0 Å². The molecule has 0 aliphatic heterocycles. The number of amides is 2. The number of hydrogen-bond acceptors (Lipinski definition) is 3. The Balaban J connectivity index is 1.65. The number of nitrogens with one attached hydrogen (secondary N) is 1. The normalized spacial score (nSPS) is 14.9. The van der Waals surface area contributed by atoms with Gasteiger partial charge in [-0.25, -0.2) is 0 Å². The third kappa shape index (κ3) is 7.39. The van der Waals surface area contributed by atoms with Gasteiger partial charge in [0.2, 0.25) is 11.8 Å². The molecule has 1 atom stereocenters. The van der Waals surface area contributed by atoms with Gasteiger partial charge in [-0.1, -0.05) is 70.7 Å². The van der Waals surface area contributed by atoms with Gasteiger partial charge in [0.25, 0.3) is 0 Å². The van der Waals surface area contributed by atoms with Crippen LogP contribution in [0.3, 0.4) is 0 Å². The topological polar surface area (TPSA) is 49.4 Å². The van der Waals surface area contributed by atoms with Gasteiger partial charge in [-0.05, 0) is 49.9 Å². The van der Waals surface area contributed by atoms with Gasteiger partial charge in [0, 0.05) is 22.8 Å². The Hall–Kier alpha value is -1.79. The SMILES string of the molecule is Cc1cccc(CSCC(=O)N(Cc2cccc(Br)c2)C(C)C(=O)NC2CCCC2)c1. The smallest absolute Gasteiger partial charge is 0.242 e. The summed E-state index contributed by atoms with van der Waals surface area (Å²) < 4.78 is 0.967. The lowest BCUT2D eigenvalue weighted by molar-refractivity contribution is -0.138. The van der Waals surface area contributed by atoms with E-state index < -0.39 is 6.04 Å². The predicted molar refractivity (Wildman–Crippen MR) is 132 cm³/mol. The number of nitrogens with zero attached hydrogens (tertiary/aromatic N) is 1. The summed E-state index contributed by atoms with van der Waals surface area (Å²) >= 11 is 5.10. The van der Waals surface area contributed by atoms with Crippen molar-refractivity contribution in [1.82, 2.24) is 10.2 Å². The summed E-state index contributed by atoms with van der Waals surface area (Å²) in [6.45, 7) is 4.33. The van der Waals surface area contributed by atoms with E-state index in [9.17, 15) is 9.59 Å². The minimum absolute atomic E-state index is 0.00768.